The summed E-state index contributed by atoms with van der Waals surface area (Å²) in [7, 11) is 1.61. The Morgan fingerprint density at radius 1 is 1.12 bits per heavy atom. The molecule has 0 bridgehead atoms. The number of methoxy groups -OCH3 is 1. The van der Waals surface area contributed by atoms with Gasteiger partial charge >= 0.3 is 5.97 Å². The summed E-state index contributed by atoms with van der Waals surface area (Å²) in [5, 5.41) is 16.3. The number of aromatic nitrogens is 1. The van der Waals surface area contributed by atoms with Gasteiger partial charge in [-0.15, -0.1) is 23.1 Å². The van der Waals surface area contributed by atoms with Crippen LogP contribution in [0.25, 0.3) is 11.3 Å². The van der Waals surface area contributed by atoms with Gasteiger partial charge in [0, 0.05) is 33.7 Å². The Morgan fingerprint density at radius 2 is 1.91 bits per heavy atom. The minimum atomic E-state index is -1.20. The quantitative estimate of drug-likeness (QED) is 0.319. The number of carbonyl (C=O) groups is 3. The fraction of sp³-hybridized carbons (Fsp3) is 0.0909. The molecule has 0 aliphatic rings. The first-order valence-corrected chi connectivity index (χ1v) is 11.1. The van der Waals surface area contributed by atoms with E-state index in [9.17, 15) is 14.4 Å². The maximum Gasteiger partial charge on any atom is 0.328 e. The average molecular weight is 470 g/mol. The Balaban J connectivity index is 1.52. The van der Waals surface area contributed by atoms with Crippen LogP contribution in [0.4, 0.5) is 10.8 Å². The van der Waals surface area contributed by atoms with Crippen molar-refractivity contribution in [2.24, 2.45) is 0 Å². The Labute approximate surface area is 192 Å². The molecule has 2 aromatic carbocycles. The molecule has 0 atom stereocenters. The lowest BCUT2D eigenvalue weighted by atomic mass is 10.2. The number of thiazole rings is 1. The third-order valence-corrected chi connectivity index (χ3v) is 5.74. The molecular weight excluding hydrogens is 450 g/mol. The summed E-state index contributed by atoms with van der Waals surface area (Å²) in [5.74, 6) is -1.04. The van der Waals surface area contributed by atoms with Gasteiger partial charge in [0.2, 0.25) is 11.8 Å². The lowest BCUT2D eigenvalue weighted by Crippen LogP contribution is -2.13. The standard InChI is InChI=1S/C22H19N3O5S2/c1-30-16-7-5-14(6-8-16)18-12-32-22(24-18)25-20(27)13-31-17-4-2-3-15(11-17)23-19(26)9-10-21(28)29/h2-12H,13H2,1H3,(H,23,26)(H,28,29)(H,24,25,27)/b10-9+. The Kier molecular flexibility index (Phi) is 8.01. The smallest absolute Gasteiger partial charge is 0.328 e. The van der Waals surface area contributed by atoms with E-state index in [4.69, 9.17) is 9.84 Å². The fourth-order valence-electron chi connectivity index (χ4n) is 2.52. The van der Waals surface area contributed by atoms with Crippen molar-refractivity contribution in [2.45, 2.75) is 4.90 Å². The van der Waals surface area contributed by atoms with Crippen molar-refractivity contribution in [3.63, 3.8) is 0 Å². The first-order valence-electron chi connectivity index (χ1n) is 9.27. The zero-order valence-corrected chi connectivity index (χ0v) is 18.5. The highest BCUT2D eigenvalue weighted by Gasteiger charge is 2.09. The third-order valence-electron chi connectivity index (χ3n) is 3.99. The molecular formula is C22H19N3O5S2. The van der Waals surface area contributed by atoms with Gasteiger partial charge in [-0.3, -0.25) is 9.59 Å². The maximum absolute atomic E-state index is 12.3. The minimum absolute atomic E-state index is 0.160. The van der Waals surface area contributed by atoms with E-state index in [1.165, 1.54) is 23.1 Å². The Morgan fingerprint density at radius 3 is 2.62 bits per heavy atom. The molecule has 3 aromatic rings. The molecule has 1 heterocycles. The summed E-state index contributed by atoms with van der Waals surface area (Å²) in [5.41, 5.74) is 2.19. The number of ether oxygens (including phenoxy) is 1. The van der Waals surface area contributed by atoms with Gasteiger partial charge in [-0.1, -0.05) is 6.07 Å². The molecule has 0 spiro atoms. The molecule has 3 N–H and O–H groups in total. The minimum Gasteiger partial charge on any atom is -0.497 e. The van der Waals surface area contributed by atoms with Crippen molar-refractivity contribution < 1.29 is 24.2 Å². The van der Waals surface area contributed by atoms with Crippen LogP contribution in [0.3, 0.4) is 0 Å². The normalized spacial score (nSPS) is 10.7. The van der Waals surface area contributed by atoms with E-state index in [0.29, 0.717) is 10.8 Å². The van der Waals surface area contributed by atoms with Crippen LogP contribution in [0.15, 0.2) is 71.0 Å². The summed E-state index contributed by atoms with van der Waals surface area (Å²) in [6.07, 6.45) is 1.70. The van der Waals surface area contributed by atoms with Crippen LogP contribution in [0.5, 0.6) is 5.75 Å². The largest absolute Gasteiger partial charge is 0.497 e. The van der Waals surface area contributed by atoms with Crippen molar-refractivity contribution in [3.8, 4) is 17.0 Å². The molecule has 0 saturated carbocycles. The highest BCUT2D eigenvalue weighted by atomic mass is 32.2. The zero-order valence-electron chi connectivity index (χ0n) is 16.9. The van der Waals surface area contributed by atoms with Crippen molar-refractivity contribution in [1.82, 2.24) is 4.98 Å². The monoisotopic (exact) mass is 469 g/mol. The van der Waals surface area contributed by atoms with Crippen molar-refractivity contribution in [3.05, 3.63) is 66.1 Å². The molecule has 164 valence electrons. The number of hydrogen-bond acceptors (Lipinski definition) is 7. The van der Waals surface area contributed by atoms with Crippen molar-refractivity contribution >= 4 is 51.7 Å². The number of carboxylic acids is 1. The summed E-state index contributed by atoms with van der Waals surface area (Å²) in [6.45, 7) is 0. The molecule has 32 heavy (non-hydrogen) atoms. The molecule has 0 aliphatic carbocycles. The van der Waals surface area contributed by atoms with Crippen LogP contribution in [0.2, 0.25) is 0 Å². The molecule has 1 aromatic heterocycles. The predicted molar refractivity (Wildman–Crippen MR) is 125 cm³/mol. The van der Waals surface area contributed by atoms with E-state index < -0.39 is 11.9 Å². The van der Waals surface area contributed by atoms with Crippen LogP contribution < -0.4 is 15.4 Å². The number of amides is 2. The van der Waals surface area contributed by atoms with Crippen LogP contribution >= 0.6 is 23.1 Å². The van der Waals surface area contributed by atoms with Crippen LogP contribution in [-0.4, -0.2) is 40.7 Å². The highest BCUT2D eigenvalue weighted by Crippen LogP contribution is 2.27. The Bertz CT molecular complexity index is 1140. The summed E-state index contributed by atoms with van der Waals surface area (Å²) in [6, 6.07) is 14.4. The molecule has 0 unspecified atom stereocenters. The lowest BCUT2D eigenvalue weighted by Gasteiger charge is -2.06. The molecule has 0 aliphatic heterocycles. The topological polar surface area (TPSA) is 118 Å². The summed E-state index contributed by atoms with van der Waals surface area (Å²) in [4.78, 5) is 39.7. The third kappa shape index (κ3) is 6.96. The van der Waals surface area contributed by atoms with Crippen molar-refractivity contribution in [1.29, 1.82) is 0 Å². The van der Waals surface area contributed by atoms with E-state index in [1.807, 2.05) is 35.7 Å². The number of anilines is 2. The number of rotatable bonds is 9. The van der Waals surface area contributed by atoms with Gasteiger partial charge in [0.15, 0.2) is 5.13 Å². The molecule has 0 saturated heterocycles. The van der Waals surface area contributed by atoms with Crippen molar-refractivity contribution in [2.75, 3.05) is 23.5 Å². The van der Waals surface area contributed by atoms with Gasteiger partial charge in [0.25, 0.3) is 0 Å². The average Bonchev–Trinajstić information content (AvgIpc) is 3.25. The number of aliphatic carboxylic acids is 1. The number of carbonyl (C=O) groups excluding carboxylic acids is 2. The van der Waals surface area contributed by atoms with E-state index >= 15 is 0 Å². The second-order valence-electron chi connectivity index (χ2n) is 6.29. The van der Waals surface area contributed by atoms with Gasteiger partial charge in [0.1, 0.15) is 5.75 Å². The first kappa shape index (κ1) is 23.0. The van der Waals surface area contributed by atoms with E-state index in [-0.39, 0.29) is 11.7 Å². The van der Waals surface area contributed by atoms with E-state index in [2.05, 4.69) is 15.6 Å². The van der Waals surface area contributed by atoms with Gasteiger partial charge in [-0.25, -0.2) is 9.78 Å². The Hall–Kier alpha value is -3.63. The molecule has 10 heteroatoms. The number of nitrogens with zero attached hydrogens (tertiary/aromatic N) is 1. The van der Waals surface area contributed by atoms with E-state index in [1.54, 1.807) is 25.3 Å². The summed E-state index contributed by atoms with van der Waals surface area (Å²) >= 11 is 2.64. The SMILES string of the molecule is COc1ccc(-c2csc(NC(=O)CSc3cccc(NC(=O)/C=C/C(=O)O)c3)n2)cc1. The number of nitrogens with one attached hydrogen (secondary N) is 2. The molecule has 0 fully saturated rings. The van der Waals surface area contributed by atoms with Crippen LogP contribution in [0, 0.1) is 0 Å². The van der Waals surface area contributed by atoms with Gasteiger partial charge in [0.05, 0.1) is 18.6 Å². The maximum atomic E-state index is 12.3. The first-order chi connectivity index (χ1) is 15.4. The van der Waals surface area contributed by atoms with Crippen LogP contribution in [-0.2, 0) is 14.4 Å². The molecule has 2 amide bonds. The molecule has 8 nitrogen and oxygen atoms in total. The fourth-order valence-corrected chi connectivity index (χ4v) is 4.02. The second kappa shape index (κ2) is 11.1. The number of hydrogen-bond donors (Lipinski definition) is 3. The van der Waals surface area contributed by atoms with E-state index in [0.717, 1.165) is 34.1 Å². The lowest BCUT2D eigenvalue weighted by molar-refractivity contribution is -0.131. The molecule has 3 rings (SSSR count). The summed E-state index contributed by atoms with van der Waals surface area (Å²) < 4.78 is 5.15. The van der Waals surface area contributed by atoms with Crippen LogP contribution in [0.1, 0.15) is 0 Å². The number of thioether (sulfide) groups is 1. The second-order valence-corrected chi connectivity index (χ2v) is 8.20. The number of benzene rings is 2. The van der Waals surface area contributed by atoms with Gasteiger partial charge in [-0.2, -0.15) is 0 Å². The highest BCUT2D eigenvalue weighted by molar-refractivity contribution is 8.00. The van der Waals surface area contributed by atoms with Gasteiger partial charge in [-0.05, 0) is 42.5 Å². The predicted octanol–water partition coefficient (Wildman–Crippen LogP) is 4.13. The zero-order chi connectivity index (χ0) is 22.9. The van der Waals surface area contributed by atoms with Gasteiger partial charge < -0.3 is 20.5 Å². The molecule has 0 radical (unpaired) electrons. The number of carboxylic acid groups (broad SMARTS) is 1.